The van der Waals surface area contributed by atoms with Crippen LogP contribution in [0.2, 0.25) is 0 Å². The topological polar surface area (TPSA) is 75.4 Å². The van der Waals surface area contributed by atoms with Crippen molar-refractivity contribution in [2.45, 2.75) is 58.7 Å². The number of amides is 2. The summed E-state index contributed by atoms with van der Waals surface area (Å²) in [6.07, 6.45) is 0.384. The molecule has 3 unspecified atom stereocenters. The van der Waals surface area contributed by atoms with Crippen molar-refractivity contribution < 1.29 is 9.59 Å². The summed E-state index contributed by atoms with van der Waals surface area (Å²) in [7, 11) is 0. The molecule has 0 spiro atoms. The van der Waals surface area contributed by atoms with Crippen LogP contribution in [0.1, 0.15) is 41.0 Å². The number of nitrogens with two attached hydrogens (primary N) is 1. The Morgan fingerprint density at radius 3 is 2.39 bits per heavy atom. The van der Waals surface area contributed by atoms with Crippen molar-refractivity contribution in [1.82, 2.24) is 10.2 Å². The Labute approximate surface area is 109 Å². The van der Waals surface area contributed by atoms with Crippen molar-refractivity contribution in [2.75, 3.05) is 6.54 Å². The second-order valence-electron chi connectivity index (χ2n) is 6.23. The second-order valence-corrected chi connectivity index (χ2v) is 6.23. The molecular weight excluding hydrogens is 230 g/mol. The summed E-state index contributed by atoms with van der Waals surface area (Å²) in [4.78, 5) is 25.6. The Morgan fingerprint density at radius 2 is 2.00 bits per heavy atom. The van der Waals surface area contributed by atoms with Gasteiger partial charge in [0.05, 0.1) is 6.04 Å². The van der Waals surface area contributed by atoms with Crippen molar-refractivity contribution in [3.8, 4) is 0 Å². The van der Waals surface area contributed by atoms with E-state index in [1.807, 2.05) is 32.6 Å². The molecule has 0 radical (unpaired) electrons. The summed E-state index contributed by atoms with van der Waals surface area (Å²) in [5.41, 5.74) is 5.51. The maximum Gasteiger partial charge on any atom is 0.225 e. The fourth-order valence-electron chi connectivity index (χ4n) is 2.02. The van der Waals surface area contributed by atoms with E-state index < -0.39 is 0 Å². The maximum atomic E-state index is 11.9. The van der Waals surface area contributed by atoms with Gasteiger partial charge in [-0.05, 0) is 27.7 Å². The predicted octanol–water partition coefficient (Wildman–Crippen LogP) is 0.485. The molecule has 0 aromatic carbocycles. The van der Waals surface area contributed by atoms with Gasteiger partial charge in [-0.3, -0.25) is 9.59 Å². The largest absolute Gasteiger partial charge is 0.351 e. The van der Waals surface area contributed by atoms with Gasteiger partial charge in [0.1, 0.15) is 0 Å². The molecule has 1 rings (SSSR count). The Kier molecular flexibility index (Phi) is 4.37. The van der Waals surface area contributed by atoms with Crippen molar-refractivity contribution in [3.05, 3.63) is 0 Å². The van der Waals surface area contributed by atoms with Gasteiger partial charge < -0.3 is 16.0 Å². The first kappa shape index (κ1) is 15.0. The Morgan fingerprint density at radius 1 is 1.44 bits per heavy atom. The van der Waals surface area contributed by atoms with Gasteiger partial charge in [0, 0.05) is 30.5 Å². The molecule has 0 aliphatic carbocycles. The average molecular weight is 255 g/mol. The zero-order chi connectivity index (χ0) is 14.1. The van der Waals surface area contributed by atoms with Crippen LogP contribution in [0.15, 0.2) is 0 Å². The maximum absolute atomic E-state index is 11.9. The third-order valence-electron chi connectivity index (χ3n) is 3.48. The van der Waals surface area contributed by atoms with E-state index in [1.165, 1.54) is 0 Å². The van der Waals surface area contributed by atoms with Gasteiger partial charge in [0.2, 0.25) is 11.8 Å². The summed E-state index contributed by atoms with van der Waals surface area (Å²) in [5.74, 6) is -0.205. The molecule has 3 N–H and O–H groups in total. The number of nitrogens with one attached hydrogen (secondary N) is 1. The third-order valence-corrected chi connectivity index (χ3v) is 3.48. The molecule has 1 saturated heterocycles. The first-order valence-electron chi connectivity index (χ1n) is 6.49. The molecule has 0 aromatic rings. The number of rotatable bonds is 3. The van der Waals surface area contributed by atoms with Crippen molar-refractivity contribution in [2.24, 2.45) is 11.7 Å². The molecule has 1 aliphatic heterocycles. The van der Waals surface area contributed by atoms with E-state index in [9.17, 15) is 9.59 Å². The van der Waals surface area contributed by atoms with Gasteiger partial charge in [-0.2, -0.15) is 0 Å². The zero-order valence-corrected chi connectivity index (χ0v) is 12.0. The molecular formula is C13H25N3O2. The van der Waals surface area contributed by atoms with E-state index in [1.54, 1.807) is 6.92 Å². The van der Waals surface area contributed by atoms with Crippen LogP contribution in [0, 0.1) is 5.92 Å². The molecule has 1 heterocycles. The van der Waals surface area contributed by atoms with Crippen molar-refractivity contribution in [1.29, 1.82) is 0 Å². The van der Waals surface area contributed by atoms with Gasteiger partial charge in [0.25, 0.3) is 0 Å². The second kappa shape index (κ2) is 5.26. The monoisotopic (exact) mass is 255 g/mol. The lowest BCUT2D eigenvalue weighted by atomic mass is 10.0. The SMILES string of the molecule is CC(N)C(C)C(=O)NC1CC(=O)N(C(C)(C)C)C1. The van der Waals surface area contributed by atoms with Crippen LogP contribution in [-0.2, 0) is 9.59 Å². The van der Waals surface area contributed by atoms with Crippen LogP contribution in [0.5, 0.6) is 0 Å². The van der Waals surface area contributed by atoms with Gasteiger partial charge >= 0.3 is 0 Å². The average Bonchev–Trinajstić information content (AvgIpc) is 2.57. The van der Waals surface area contributed by atoms with Gasteiger partial charge in [-0.25, -0.2) is 0 Å². The number of likely N-dealkylation sites (tertiary alicyclic amines) is 1. The van der Waals surface area contributed by atoms with Gasteiger partial charge in [-0.1, -0.05) is 6.92 Å². The molecule has 1 aliphatic rings. The molecule has 5 nitrogen and oxygen atoms in total. The molecule has 3 atom stereocenters. The molecule has 104 valence electrons. The summed E-state index contributed by atoms with van der Waals surface area (Å²) in [6.45, 7) is 10.2. The number of hydrogen-bond acceptors (Lipinski definition) is 3. The highest BCUT2D eigenvalue weighted by Crippen LogP contribution is 2.22. The van der Waals surface area contributed by atoms with Crippen LogP contribution in [0.4, 0.5) is 0 Å². The van der Waals surface area contributed by atoms with Crippen molar-refractivity contribution >= 4 is 11.8 Å². The fraction of sp³-hybridized carbons (Fsp3) is 0.846. The summed E-state index contributed by atoms with van der Waals surface area (Å²) in [6, 6.07) is -0.272. The first-order chi connectivity index (χ1) is 8.12. The van der Waals surface area contributed by atoms with Crippen LogP contribution in [0.3, 0.4) is 0 Å². The molecule has 1 fully saturated rings. The number of nitrogens with zero attached hydrogens (tertiary/aromatic N) is 1. The number of carbonyl (C=O) groups excluding carboxylic acids is 2. The standard InChI is InChI=1S/C13H25N3O2/c1-8(9(2)14)12(18)15-10-6-11(17)16(7-10)13(3,4)5/h8-10H,6-7,14H2,1-5H3,(H,15,18). The molecule has 0 aromatic heterocycles. The molecule has 5 heteroatoms. The molecule has 18 heavy (non-hydrogen) atoms. The summed E-state index contributed by atoms with van der Waals surface area (Å²) in [5, 5.41) is 2.91. The Balaban J connectivity index is 2.57. The van der Waals surface area contributed by atoms with Crippen LogP contribution in [0.25, 0.3) is 0 Å². The van der Waals surface area contributed by atoms with Crippen molar-refractivity contribution in [3.63, 3.8) is 0 Å². The highest BCUT2D eigenvalue weighted by Gasteiger charge is 2.37. The zero-order valence-electron chi connectivity index (χ0n) is 12.0. The van der Waals surface area contributed by atoms with E-state index in [2.05, 4.69) is 5.32 Å². The van der Waals surface area contributed by atoms with E-state index >= 15 is 0 Å². The summed E-state index contributed by atoms with van der Waals surface area (Å²) >= 11 is 0. The van der Waals surface area contributed by atoms with Gasteiger partial charge in [-0.15, -0.1) is 0 Å². The third kappa shape index (κ3) is 3.45. The van der Waals surface area contributed by atoms with Crippen LogP contribution in [-0.4, -0.2) is 40.9 Å². The summed E-state index contributed by atoms with van der Waals surface area (Å²) < 4.78 is 0. The van der Waals surface area contributed by atoms with Gasteiger partial charge in [0.15, 0.2) is 0 Å². The Bertz CT molecular complexity index is 334. The minimum Gasteiger partial charge on any atom is -0.351 e. The van der Waals surface area contributed by atoms with Crippen LogP contribution < -0.4 is 11.1 Å². The predicted molar refractivity (Wildman–Crippen MR) is 70.8 cm³/mol. The lowest BCUT2D eigenvalue weighted by molar-refractivity contribution is -0.131. The first-order valence-corrected chi connectivity index (χ1v) is 6.49. The minimum absolute atomic E-state index is 0.0708. The molecule has 0 saturated carbocycles. The highest BCUT2D eigenvalue weighted by molar-refractivity contribution is 5.83. The van der Waals surface area contributed by atoms with E-state index in [4.69, 9.17) is 5.73 Å². The van der Waals surface area contributed by atoms with E-state index in [0.717, 1.165) is 0 Å². The highest BCUT2D eigenvalue weighted by atomic mass is 16.2. The lowest BCUT2D eigenvalue weighted by Crippen LogP contribution is -2.46. The van der Waals surface area contributed by atoms with E-state index in [0.29, 0.717) is 13.0 Å². The number of hydrogen-bond donors (Lipinski definition) is 2. The molecule has 2 amide bonds. The molecule has 0 bridgehead atoms. The smallest absolute Gasteiger partial charge is 0.225 e. The fourth-order valence-corrected chi connectivity index (χ4v) is 2.02. The number of carbonyl (C=O) groups is 2. The van der Waals surface area contributed by atoms with Crippen LogP contribution >= 0.6 is 0 Å². The lowest BCUT2D eigenvalue weighted by Gasteiger charge is -2.32. The normalized spacial score (nSPS) is 24.0. The van der Waals surface area contributed by atoms with E-state index in [-0.39, 0.29) is 35.4 Å². The minimum atomic E-state index is -0.233. The Hall–Kier alpha value is -1.10. The quantitative estimate of drug-likeness (QED) is 0.770.